The highest BCUT2D eigenvalue weighted by molar-refractivity contribution is 5.76. The first-order valence-corrected chi connectivity index (χ1v) is 11.1. The number of hydrogen-bond donors (Lipinski definition) is 1. The van der Waals surface area contributed by atoms with E-state index in [1.807, 2.05) is 47.1 Å². The van der Waals surface area contributed by atoms with Crippen molar-refractivity contribution in [1.82, 2.24) is 25.2 Å². The van der Waals surface area contributed by atoms with Crippen LogP contribution in [0.25, 0.3) is 17.1 Å². The first-order chi connectivity index (χ1) is 16.2. The van der Waals surface area contributed by atoms with Gasteiger partial charge in [0.15, 0.2) is 0 Å². The molecule has 2 heterocycles. The van der Waals surface area contributed by atoms with E-state index in [0.717, 1.165) is 42.0 Å². The second kappa shape index (κ2) is 9.28. The molecule has 0 unspecified atom stereocenters. The average molecular weight is 444 g/mol. The third-order valence-electron chi connectivity index (χ3n) is 5.85. The minimum absolute atomic E-state index is 0.0693. The number of para-hydroxylation sites is 1. The zero-order chi connectivity index (χ0) is 22.6. The van der Waals surface area contributed by atoms with Gasteiger partial charge in [-0.2, -0.15) is 10.1 Å². The maximum atomic E-state index is 12.5. The number of nitrogens with zero attached hydrogens (tertiary/aromatic N) is 4. The van der Waals surface area contributed by atoms with Gasteiger partial charge >= 0.3 is 0 Å². The number of nitrogens with one attached hydrogen (secondary N) is 1. The molecule has 0 radical (unpaired) electrons. The monoisotopic (exact) mass is 443 g/mol. The number of carbonyl (C=O) groups excluding carboxylic acids is 1. The van der Waals surface area contributed by atoms with Gasteiger partial charge in [-0.25, -0.2) is 4.68 Å². The Morgan fingerprint density at radius 2 is 1.94 bits per heavy atom. The number of hydrogen-bond acceptors (Lipinski definition) is 6. The number of rotatable bonds is 8. The molecule has 0 aliphatic heterocycles. The standard InChI is InChI=1S/C25H25N5O3/c1-32-19-12-10-17(11-13-19)25-27-24(33-29-25)15-14-23(31)26-16-21-20-8-5-9-22(20)30(28-21)18-6-3-2-4-7-18/h2-4,6-7,10-13H,5,8-9,14-16H2,1H3,(H,26,31). The Labute approximate surface area is 191 Å². The Balaban J connectivity index is 1.18. The fraction of sp³-hybridized carbons (Fsp3) is 0.280. The molecule has 0 saturated carbocycles. The molecule has 0 spiro atoms. The van der Waals surface area contributed by atoms with Crippen molar-refractivity contribution in [3.63, 3.8) is 0 Å². The summed E-state index contributed by atoms with van der Waals surface area (Å²) < 4.78 is 12.5. The summed E-state index contributed by atoms with van der Waals surface area (Å²) >= 11 is 0. The van der Waals surface area contributed by atoms with Crippen LogP contribution in [0.3, 0.4) is 0 Å². The summed E-state index contributed by atoms with van der Waals surface area (Å²) in [5.41, 5.74) is 5.34. The van der Waals surface area contributed by atoms with E-state index < -0.39 is 0 Å². The normalized spacial score (nSPS) is 12.5. The molecule has 2 aromatic carbocycles. The van der Waals surface area contributed by atoms with Crippen molar-refractivity contribution >= 4 is 5.91 Å². The van der Waals surface area contributed by atoms with Crippen LogP contribution < -0.4 is 10.1 Å². The fourth-order valence-electron chi connectivity index (χ4n) is 4.14. The number of aromatic nitrogens is 4. The van der Waals surface area contributed by atoms with Crippen molar-refractivity contribution in [3.8, 4) is 22.8 Å². The number of methoxy groups -OCH3 is 1. The van der Waals surface area contributed by atoms with Gasteiger partial charge in [-0.05, 0) is 61.2 Å². The summed E-state index contributed by atoms with van der Waals surface area (Å²) in [5, 5.41) is 11.8. The predicted octanol–water partition coefficient (Wildman–Crippen LogP) is 3.67. The van der Waals surface area contributed by atoms with Crippen LogP contribution in [0, 0.1) is 0 Å². The fourth-order valence-corrected chi connectivity index (χ4v) is 4.14. The van der Waals surface area contributed by atoms with Crippen LogP contribution >= 0.6 is 0 Å². The van der Waals surface area contributed by atoms with Gasteiger partial charge in [0.2, 0.25) is 17.6 Å². The van der Waals surface area contributed by atoms with E-state index in [4.69, 9.17) is 14.4 Å². The molecule has 1 N–H and O–H groups in total. The van der Waals surface area contributed by atoms with Gasteiger partial charge in [0.1, 0.15) is 5.75 Å². The Hall–Kier alpha value is -3.94. The molecule has 0 atom stereocenters. The van der Waals surface area contributed by atoms with Crippen molar-refractivity contribution in [2.45, 2.75) is 38.6 Å². The summed E-state index contributed by atoms with van der Waals surface area (Å²) in [5.74, 6) is 1.62. The predicted molar refractivity (Wildman–Crippen MR) is 122 cm³/mol. The quantitative estimate of drug-likeness (QED) is 0.447. The summed E-state index contributed by atoms with van der Waals surface area (Å²) in [6.45, 7) is 0.419. The van der Waals surface area contributed by atoms with Gasteiger partial charge in [-0.1, -0.05) is 23.4 Å². The van der Waals surface area contributed by atoms with E-state index >= 15 is 0 Å². The van der Waals surface area contributed by atoms with E-state index in [9.17, 15) is 4.79 Å². The van der Waals surface area contributed by atoms with E-state index in [1.165, 1.54) is 11.3 Å². The first-order valence-electron chi connectivity index (χ1n) is 11.1. The van der Waals surface area contributed by atoms with Crippen LogP contribution in [0.2, 0.25) is 0 Å². The molecule has 4 aromatic rings. The number of benzene rings is 2. The second-order valence-corrected chi connectivity index (χ2v) is 7.99. The number of carbonyl (C=O) groups is 1. The molecule has 0 saturated heterocycles. The van der Waals surface area contributed by atoms with Gasteiger partial charge in [0.25, 0.3) is 0 Å². The largest absolute Gasteiger partial charge is 0.497 e. The van der Waals surface area contributed by atoms with E-state index in [1.54, 1.807) is 7.11 Å². The summed E-state index contributed by atoms with van der Waals surface area (Å²) in [6.07, 6.45) is 3.79. The molecule has 2 aromatic heterocycles. The average Bonchev–Trinajstić information content (AvgIpc) is 3.59. The highest BCUT2D eigenvalue weighted by Crippen LogP contribution is 2.27. The van der Waals surface area contributed by atoms with Crippen molar-refractivity contribution in [2.24, 2.45) is 0 Å². The summed E-state index contributed by atoms with van der Waals surface area (Å²) in [7, 11) is 1.62. The van der Waals surface area contributed by atoms with Crippen LogP contribution in [0.4, 0.5) is 0 Å². The molecule has 33 heavy (non-hydrogen) atoms. The van der Waals surface area contributed by atoms with E-state index in [2.05, 4.69) is 27.6 Å². The minimum atomic E-state index is -0.0693. The van der Waals surface area contributed by atoms with Crippen LogP contribution in [0.15, 0.2) is 59.1 Å². The van der Waals surface area contributed by atoms with Gasteiger partial charge in [-0.3, -0.25) is 4.79 Å². The highest BCUT2D eigenvalue weighted by Gasteiger charge is 2.23. The Bertz CT molecular complexity index is 1250. The van der Waals surface area contributed by atoms with Crippen LogP contribution in [-0.4, -0.2) is 32.9 Å². The van der Waals surface area contributed by atoms with Crippen molar-refractivity contribution in [2.75, 3.05) is 7.11 Å². The SMILES string of the molecule is COc1ccc(-c2noc(CCC(=O)NCc3nn(-c4ccccc4)c4c3CCC4)n2)cc1. The van der Waals surface area contributed by atoms with Gasteiger partial charge < -0.3 is 14.6 Å². The number of amides is 1. The van der Waals surface area contributed by atoms with E-state index in [-0.39, 0.29) is 12.3 Å². The summed E-state index contributed by atoms with van der Waals surface area (Å²) in [6, 6.07) is 17.5. The molecular formula is C25H25N5O3. The van der Waals surface area contributed by atoms with Crippen molar-refractivity contribution < 1.29 is 14.1 Å². The van der Waals surface area contributed by atoms with Gasteiger partial charge in [0.05, 0.1) is 25.0 Å². The third kappa shape index (κ3) is 4.50. The molecular weight excluding hydrogens is 418 g/mol. The van der Waals surface area contributed by atoms with Crippen LogP contribution in [-0.2, 0) is 30.6 Å². The molecule has 8 heteroatoms. The topological polar surface area (TPSA) is 95.1 Å². The Morgan fingerprint density at radius 1 is 1.12 bits per heavy atom. The highest BCUT2D eigenvalue weighted by atomic mass is 16.5. The summed E-state index contributed by atoms with van der Waals surface area (Å²) in [4.78, 5) is 16.9. The minimum Gasteiger partial charge on any atom is -0.497 e. The Morgan fingerprint density at radius 3 is 2.73 bits per heavy atom. The lowest BCUT2D eigenvalue weighted by atomic mass is 10.2. The third-order valence-corrected chi connectivity index (χ3v) is 5.85. The van der Waals surface area contributed by atoms with Gasteiger partial charge in [0, 0.05) is 24.1 Å². The molecule has 0 bridgehead atoms. The van der Waals surface area contributed by atoms with Crippen molar-refractivity contribution in [3.05, 3.63) is 77.4 Å². The lowest BCUT2D eigenvalue weighted by Gasteiger charge is -2.05. The smallest absolute Gasteiger partial charge is 0.227 e. The lowest BCUT2D eigenvalue weighted by Crippen LogP contribution is -2.24. The first kappa shape index (κ1) is 20.9. The maximum absolute atomic E-state index is 12.5. The maximum Gasteiger partial charge on any atom is 0.227 e. The lowest BCUT2D eigenvalue weighted by molar-refractivity contribution is -0.121. The van der Waals surface area contributed by atoms with Crippen LogP contribution in [0.5, 0.6) is 5.75 Å². The number of ether oxygens (including phenoxy) is 1. The van der Waals surface area contributed by atoms with Crippen LogP contribution in [0.1, 0.15) is 35.7 Å². The van der Waals surface area contributed by atoms with E-state index in [0.29, 0.717) is 24.7 Å². The number of fused-ring (bicyclic) bond motifs is 1. The zero-order valence-electron chi connectivity index (χ0n) is 18.5. The molecule has 1 amide bonds. The molecule has 168 valence electrons. The molecule has 1 aliphatic rings. The molecule has 5 rings (SSSR count). The molecule has 8 nitrogen and oxygen atoms in total. The zero-order valence-corrected chi connectivity index (χ0v) is 18.5. The number of aryl methyl sites for hydroxylation is 1. The second-order valence-electron chi connectivity index (χ2n) is 7.99. The molecule has 1 aliphatic carbocycles. The van der Waals surface area contributed by atoms with Crippen molar-refractivity contribution in [1.29, 1.82) is 0 Å². The molecule has 0 fully saturated rings. The Kier molecular flexibility index (Phi) is 5.89. The van der Waals surface area contributed by atoms with Gasteiger partial charge in [-0.15, -0.1) is 0 Å².